The minimum absolute atomic E-state index is 0.0947. The highest BCUT2D eigenvalue weighted by atomic mass is 79.9. The van der Waals surface area contributed by atoms with Crippen LogP contribution >= 0.6 is 47.8 Å². The second-order valence-corrected chi connectivity index (χ2v) is 5.93. The lowest BCUT2D eigenvalue weighted by Gasteiger charge is -2.07. The molecule has 0 unspecified atom stereocenters. The summed E-state index contributed by atoms with van der Waals surface area (Å²) >= 11 is 9.91. The largest absolute Gasteiger partial charge is 0.464 e. The lowest BCUT2D eigenvalue weighted by molar-refractivity contribution is -0.145. The molecule has 0 radical (unpaired) electrons. The number of halogens is 3. The van der Waals surface area contributed by atoms with Gasteiger partial charge in [0, 0.05) is 0 Å². The van der Waals surface area contributed by atoms with Crippen molar-refractivity contribution >= 4 is 53.8 Å². The van der Waals surface area contributed by atoms with Crippen molar-refractivity contribution in [2.75, 3.05) is 6.61 Å². The number of hydrogen-bond acceptors (Lipinski definition) is 3. The molecule has 0 atom stereocenters. The first-order valence-electron chi connectivity index (χ1n) is 4.64. The van der Waals surface area contributed by atoms with Gasteiger partial charge in [0.15, 0.2) is 0 Å². The lowest BCUT2D eigenvalue weighted by atomic mass is 10.2. The number of aromatic nitrogens is 2. The minimum Gasteiger partial charge on any atom is -0.464 e. The third-order valence-corrected chi connectivity index (χ3v) is 4.83. The number of rotatable bonds is 4. The lowest BCUT2D eigenvalue weighted by Crippen LogP contribution is -2.17. The van der Waals surface area contributed by atoms with Crippen LogP contribution in [-0.4, -0.2) is 22.4 Å². The van der Waals surface area contributed by atoms with Crippen LogP contribution in [-0.2, 0) is 16.1 Å². The number of ether oxygens (including phenoxy) is 1. The van der Waals surface area contributed by atoms with Crippen LogP contribution in [0, 0.1) is 5.92 Å². The molecule has 0 aliphatic carbocycles. The first-order valence-corrected chi connectivity index (χ1v) is 7.02. The summed E-state index contributed by atoms with van der Waals surface area (Å²) in [4.78, 5) is 11.5. The standard InChI is InChI=1S/C9H11Br3N2O2/c1-5(2)4-16-6(15)3-14-9(12)7(10)8(11)13-14/h5H,3-4H2,1-2H3. The molecule has 90 valence electrons. The summed E-state index contributed by atoms with van der Waals surface area (Å²) in [6.45, 7) is 4.51. The molecule has 0 aliphatic rings. The van der Waals surface area contributed by atoms with Crippen LogP contribution in [0.2, 0.25) is 0 Å². The van der Waals surface area contributed by atoms with Crippen LogP contribution in [0.3, 0.4) is 0 Å². The molecule has 0 spiro atoms. The highest BCUT2D eigenvalue weighted by Crippen LogP contribution is 2.30. The third kappa shape index (κ3) is 3.85. The van der Waals surface area contributed by atoms with E-state index >= 15 is 0 Å². The van der Waals surface area contributed by atoms with E-state index in [-0.39, 0.29) is 12.5 Å². The Hall–Kier alpha value is 0.120. The second-order valence-electron chi connectivity index (χ2n) is 3.63. The Morgan fingerprint density at radius 1 is 1.44 bits per heavy atom. The Labute approximate surface area is 119 Å². The molecule has 0 aromatic carbocycles. The van der Waals surface area contributed by atoms with E-state index in [1.165, 1.54) is 4.68 Å². The Morgan fingerprint density at radius 2 is 2.06 bits per heavy atom. The van der Waals surface area contributed by atoms with Crippen LogP contribution in [0.5, 0.6) is 0 Å². The van der Waals surface area contributed by atoms with Gasteiger partial charge in [0.05, 0.1) is 11.1 Å². The molecule has 16 heavy (non-hydrogen) atoms. The molecular formula is C9H11Br3N2O2. The number of hydrogen-bond donors (Lipinski definition) is 0. The molecule has 1 aromatic heterocycles. The van der Waals surface area contributed by atoms with Crippen LogP contribution in [0.4, 0.5) is 0 Å². The number of carbonyl (C=O) groups is 1. The van der Waals surface area contributed by atoms with Gasteiger partial charge in [-0.2, -0.15) is 5.10 Å². The van der Waals surface area contributed by atoms with Crippen molar-refractivity contribution < 1.29 is 9.53 Å². The van der Waals surface area contributed by atoms with E-state index in [9.17, 15) is 4.79 Å². The van der Waals surface area contributed by atoms with E-state index in [1.54, 1.807) is 0 Å². The van der Waals surface area contributed by atoms with E-state index in [1.807, 2.05) is 13.8 Å². The van der Waals surface area contributed by atoms with Crippen molar-refractivity contribution in [3.8, 4) is 0 Å². The maximum absolute atomic E-state index is 11.5. The average molecular weight is 419 g/mol. The molecule has 1 heterocycles. The predicted molar refractivity (Wildman–Crippen MR) is 71.1 cm³/mol. The zero-order valence-corrected chi connectivity index (χ0v) is 13.6. The fraction of sp³-hybridized carbons (Fsp3) is 0.556. The van der Waals surface area contributed by atoms with Crippen molar-refractivity contribution in [1.82, 2.24) is 9.78 Å². The first kappa shape index (κ1) is 14.2. The molecule has 4 nitrogen and oxygen atoms in total. The normalized spacial score (nSPS) is 10.9. The molecular weight excluding hydrogens is 408 g/mol. The topological polar surface area (TPSA) is 44.1 Å². The smallest absolute Gasteiger partial charge is 0.327 e. The summed E-state index contributed by atoms with van der Waals surface area (Å²) in [7, 11) is 0. The molecule has 1 rings (SSSR count). The van der Waals surface area contributed by atoms with Gasteiger partial charge in [0.25, 0.3) is 0 Å². The van der Waals surface area contributed by atoms with Gasteiger partial charge in [-0.05, 0) is 53.7 Å². The van der Waals surface area contributed by atoms with Crippen LogP contribution in [0.1, 0.15) is 13.8 Å². The SMILES string of the molecule is CC(C)COC(=O)Cn1nc(Br)c(Br)c1Br. The van der Waals surface area contributed by atoms with Crippen molar-refractivity contribution in [1.29, 1.82) is 0 Å². The summed E-state index contributed by atoms with van der Waals surface area (Å²) in [5, 5.41) is 4.12. The number of nitrogens with zero attached hydrogens (tertiary/aromatic N) is 2. The van der Waals surface area contributed by atoms with E-state index in [4.69, 9.17) is 4.74 Å². The minimum atomic E-state index is -0.295. The van der Waals surface area contributed by atoms with E-state index < -0.39 is 0 Å². The maximum atomic E-state index is 11.5. The molecule has 0 bridgehead atoms. The van der Waals surface area contributed by atoms with Gasteiger partial charge in [-0.25, -0.2) is 4.68 Å². The summed E-state index contributed by atoms with van der Waals surface area (Å²) in [6, 6.07) is 0. The third-order valence-electron chi connectivity index (χ3n) is 1.65. The Kier molecular flexibility index (Phi) is 5.46. The van der Waals surface area contributed by atoms with Gasteiger partial charge in [-0.15, -0.1) is 0 Å². The van der Waals surface area contributed by atoms with E-state index in [0.29, 0.717) is 21.7 Å². The highest BCUT2D eigenvalue weighted by molar-refractivity contribution is 9.14. The van der Waals surface area contributed by atoms with Gasteiger partial charge < -0.3 is 4.74 Å². The second kappa shape index (κ2) is 6.16. The summed E-state index contributed by atoms with van der Waals surface area (Å²) < 4.78 is 8.72. The molecule has 0 amide bonds. The fourth-order valence-corrected chi connectivity index (χ4v) is 2.25. The van der Waals surface area contributed by atoms with Crippen LogP contribution in [0.15, 0.2) is 13.7 Å². The van der Waals surface area contributed by atoms with Crippen molar-refractivity contribution in [2.24, 2.45) is 5.92 Å². The quantitative estimate of drug-likeness (QED) is 0.704. The molecule has 0 N–H and O–H groups in total. The Bertz CT molecular complexity index is 390. The van der Waals surface area contributed by atoms with Gasteiger partial charge >= 0.3 is 5.97 Å². The summed E-state index contributed by atoms with van der Waals surface area (Å²) in [5.74, 6) is 0.0420. The molecule has 7 heteroatoms. The van der Waals surface area contributed by atoms with Crippen molar-refractivity contribution in [3.63, 3.8) is 0 Å². The molecule has 1 aromatic rings. The maximum Gasteiger partial charge on any atom is 0.327 e. The zero-order valence-electron chi connectivity index (χ0n) is 8.84. The fourth-order valence-electron chi connectivity index (χ4n) is 0.925. The number of carbonyl (C=O) groups excluding carboxylic acids is 1. The predicted octanol–water partition coefficient (Wildman–Crippen LogP) is 3.37. The highest BCUT2D eigenvalue weighted by Gasteiger charge is 2.14. The summed E-state index contributed by atoms with van der Waals surface area (Å²) in [5.41, 5.74) is 0. The van der Waals surface area contributed by atoms with Gasteiger partial charge in [0.2, 0.25) is 0 Å². The average Bonchev–Trinajstić information content (AvgIpc) is 2.43. The van der Waals surface area contributed by atoms with Gasteiger partial charge in [0.1, 0.15) is 15.8 Å². The van der Waals surface area contributed by atoms with Crippen LogP contribution < -0.4 is 0 Å². The monoisotopic (exact) mass is 416 g/mol. The Morgan fingerprint density at radius 3 is 2.50 bits per heavy atom. The van der Waals surface area contributed by atoms with E-state index in [0.717, 1.165) is 4.47 Å². The molecule has 0 saturated heterocycles. The molecule has 0 fully saturated rings. The number of esters is 1. The first-order chi connectivity index (χ1) is 7.41. The molecule has 0 aliphatic heterocycles. The Balaban J connectivity index is 2.60. The van der Waals surface area contributed by atoms with Gasteiger partial charge in [-0.1, -0.05) is 13.8 Å². The summed E-state index contributed by atoms with van der Waals surface area (Å²) in [6.07, 6.45) is 0. The van der Waals surface area contributed by atoms with E-state index in [2.05, 4.69) is 52.9 Å². The van der Waals surface area contributed by atoms with Gasteiger partial charge in [-0.3, -0.25) is 4.79 Å². The van der Waals surface area contributed by atoms with Crippen molar-refractivity contribution in [2.45, 2.75) is 20.4 Å². The zero-order chi connectivity index (χ0) is 12.3. The molecule has 0 saturated carbocycles. The van der Waals surface area contributed by atoms with Crippen LogP contribution in [0.25, 0.3) is 0 Å². The van der Waals surface area contributed by atoms with Crippen molar-refractivity contribution in [3.05, 3.63) is 13.7 Å².